The summed E-state index contributed by atoms with van der Waals surface area (Å²) in [6.45, 7) is 6.55. The number of benzene rings is 2. The summed E-state index contributed by atoms with van der Waals surface area (Å²) in [5.74, 6) is 0.380. The van der Waals surface area contributed by atoms with Crippen molar-refractivity contribution < 1.29 is 4.79 Å². The number of anilines is 2. The number of aromatic nitrogens is 3. The van der Waals surface area contributed by atoms with Crippen molar-refractivity contribution in [3.8, 4) is 22.6 Å². The Morgan fingerprint density at radius 3 is 2.26 bits per heavy atom. The van der Waals surface area contributed by atoms with Gasteiger partial charge in [0.1, 0.15) is 17.2 Å². The normalized spacial score (nSPS) is 11.4. The number of rotatable bonds is 5. The van der Waals surface area contributed by atoms with Gasteiger partial charge in [0.15, 0.2) is 5.13 Å². The second-order valence-electron chi connectivity index (χ2n) is 8.26. The van der Waals surface area contributed by atoms with Crippen molar-refractivity contribution in [3.05, 3.63) is 71.4 Å². The molecule has 0 atom stereocenters. The van der Waals surface area contributed by atoms with Crippen molar-refractivity contribution in [3.63, 3.8) is 0 Å². The second-order valence-corrected chi connectivity index (χ2v) is 9.15. The molecular formula is C24H25N5OS. The van der Waals surface area contributed by atoms with Crippen molar-refractivity contribution >= 4 is 28.1 Å². The third-order valence-electron chi connectivity index (χ3n) is 5.06. The van der Waals surface area contributed by atoms with Crippen LogP contribution in [0.3, 0.4) is 0 Å². The summed E-state index contributed by atoms with van der Waals surface area (Å²) >= 11 is 1.37. The smallest absolute Gasteiger partial charge is 0.276 e. The summed E-state index contributed by atoms with van der Waals surface area (Å²) in [6, 6.07) is 16.1. The Morgan fingerprint density at radius 2 is 1.68 bits per heavy atom. The lowest BCUT2D eigenvalue weighted by Crippen LogP contribution is -2.13. The number of nitrogens with one attached hydrogen (secondary N) is 3. The molecule has 0 saturated carbocycles. The van der Waals surface area contributed by atoms with E-state index in [4.69, 9.17) is 4.98 Å². The molecule has 0 unspecified atom stereocenters. The summed E-state index contributed by atoms with van der Waals surface area (Å²) in [4.78, 5) is 25.2. The van der Waals surface area contributed by atoms with Gasteiger partial charge in [-0.3, -0.25) is 10.1 Å². The minimum atomic E-state index is -0.271. The minimum Gasteiger partial charge on any atom is -0.388 e. The molecule has 0 aliphatic heterocycles. The molecule has 4 aromatic rings. The van der Waals surface area contributed by atoms with Gasteiger partial charge in [0.25, 0.3) is 5.91 Å². The van der Waals surface area contributed by atoms with Crippen molar-refractivity contribution in [2.45, 2.75) is 26.2 Å². The van der Waals surface area contributed by atoms with Crippen molar-refractivity contribution in [1.82, 2.24) is 15.0 Å². The SMILES string of the molecule is CNc1ccc(-c2nc(-c3ccc(C(C)(C)C)cc3)[nH]c2C(=O)Nc2nccs2)cc1. The Balaban J connectivity index is 1.74. The highest BCUT2D eigenvalue weighted by molar-refractivity contribution is 7.13. The van der Waals surface area contributed by atoms with Crippen LogP contribution in [0.15, 0.2) is 60.1 Å². The molecular weight excluding hydrogens is 406 g/mol. The molecule has 1 amide bonds. The number of carbonyl (C=O) groups excluding carboxylic acids is 1. The molecule has 0 aliphatic rings. The number of hydrogen-bond donors (Lipinski definition) is 3. The molecule has 6 nitrogen and oxygen atoms in total. The van der Waals surface area contributed by atoms with Crippen LogP contribution in [0.2, 0.25) is 0 Å². The molecule has 31 heavy (non-hydrogen) atoms. The van der Waals surface area contributed by atoms with Crippen LogP contribution in [-0.2, 0) is 5.41 Å². The summed E-state index contributed by atoms with van der Waals surface area (Å²) in [6.07, 6.45) is 1.66. The van der Waals surface area contributed by atoms with E-state index in [0.717, 1.165) is 16.8 Å². The fourth-order valence-corrected chi connectivity index (χ4v) is 3.77. The van der Waals surface area contributed by atoms with Crippen LogP contribution in [0.5, 0.6) is 0 Å². The Kier molecular flexibility index (Phi) is 5.61. The Labute approximate surface area is 185 Å². The van der Waals surface area contributed by atoms with E-state index >= 15 is 0 Å². The first-order valence-corrected chi connectivity index (χ1v) is 10.9. The van der Waals surface area contributed by atoms with Gasteiger partial charge in [0.2, 0.25) is 0 Å². The highest BCUT2D eigenvalue weighted by Crippen LogP contribution is 2.30. The monoisotopic (exact) mass is 431 g/mol. The molecule has 0 fully saturated rings. The number of carbonyl (C=O) groups is 1. The van der Waals surface area contributed by atoms with E-state index in [0.29, 0.717) is 22.3 Å². The molecule has 0 radical (unpaired) electrons. The van der Waals surface area contributed by atoms with Gasteiger partial charge in [0, 0.05) is 35.4 Å². The van der Waals surface area contributed by atoms with Crippen LogP contribution in [0.1, 0.15) is 36.8 Å². The number of aromatic amines is 1. The van der Waals surface area contributed by atoms with Crippen molar-refractivity contribution in [2.75, 3.05) is 17.7 Å². The third kappa shape index (κ3) is 4.51. The van der Waals surface area contributed by atoms with E-state index in [1.165, 1.54) is 16.9 Å². The molecule has 0 saturated heterocycles. The largest absolute Gasteiger partial charge is 0.388 e. The molecule has 0 aliphatic carbocycles. The van der Waals surface area contributed by atoms with Crippen LogP contribution >= 0.6 is 11.3 Å². The molecule has 3 N–H and O–H groups in total. The zero-order valence-electron chi connectivity index (χ0n) is 18.0. The average molecular weight is 432 g/mol. The molecule has 2 aromatic carbocycles. The van der Waals surface area contributed by atoms with E-state index in [9.17, 15) is 4.79 Å². The fraction of sp³-hybridized carbons (Fsp3) is 0.208. The Bertz CT molecular complexity index is 1170. The molecule has 2 heterocycles. The van der Waals surface area contributed by atoms with Crippen molar-refractivity contribution in [2.24, 2.45) is 0 Å². The van der Waals surface area contributed by atoms with Crippen LogP contribution in [0.25, 0.3) is 22.6 Å². The van der Waals surface area contributed by atoms with E-state index in [1.54, 1.807) is 6.20 Å². The maximum absolute atomic E-state index is 13.0. The lowest BCUT2D eigenvalue weighted by molar-refractivity contribution is 0.102. The first kappa shape index (κ1) is 20.8. The summed E-state index contributed by atoms with van der Waals surface area (Å²) in [5.41, 5.74) is 5.10. The summed E-state index contributed by atoms with van der Waals surface area (Å²) < 4.78 is 0. The topological polar surface area (TPSA) is 82.7 Å². The number of amides is 1. The molecule has 158 valence electrons. The van der Waals surface area contributed by atoms with E-state index in [1.807, 2.05) is 48.8 Å². The van der Waals surface area contributed by atoms with E-state index in [-0.39, 0.29) is 11.3 Å². The highest BCUT2D eigenvalue weighted by atomic mass is 32.1. The quantitative estimate of drug-likeness (QED) is 0.373. The van der Waals surface area contributed by atoms with Crippen LogP contribution in [0, 0.1) is 0 Å². The van der Waals surface area contributed by atoms with Crippen LogP contribution < -0.4 is 10.6 Å². The van der Waals surface area contributed by atoms with Gasteiger partial charge in [-0.25, -0.2) is 9.97 Å². The van der Waals surface area contributed by atoms with Gasteiger partial charge in [-0.15, -0.1) is 11.3 Å². The maximum atomic E-state index is 13.0. The second kappa shape index (κ2) is 8.35. The van der Waals surface area contributed by atoms with Gasteiger partial charge in [-0.2, -0.15) is 0 Å². The maximum Gasteiger partial charge on any atom is 0.276 e. The minimum absolute atomic E-state index is 0.0701. The van der Waals surface area contributed by atoms with E-state index in [2.05, 4.69) is 53.5 Å². The zero-order valence-corrected chi connectivity index (χ0v) is 18.8. The lowest BCUT2D eigenvalue weighted by Gasteiger charge is -2.18. The number of imidazole rings is 1. The fourth-order valence-electron chi connectivity index (χ4n) is 3.25. The molecule has 0 bridgehead atoms. The predicted octanol–water partition coefficient (Wildman–Crippen LogP) is 5.79. The molecule has 7 heteroatoms. The van der Waals surface area contributed by atoms with Crippen LogP contribution in [-0.4, -0.2) is 27.9 Å². The van der Waals surface area contributed by atoms with Gasteiger partial charge in [-0.05, 0) is 23.1 Å². The summed E-state index contributed by atoms with van der Waals surface area (Å²) in [5, 5.41) is 8.33. The predicted molar refractivity (Wildman–Crippen MR) is 128 cm³/mol. The summed E-state index contributed by atoms with van der Waals surface area (Å²) in [7, 11) is 1.87. The average Bonchev–Trinajstić information content (AvgIpc) is 3.43. The van der Waals surface area contributed by atoms with Gasteiger partial charge in [-0.1, -0.05) is 57.2 Å². The van der Waals surface area contributed by atoms with Gasteiger partial charge < -0.3 is 10.3 Å². The van der Waals surface area contributed by atoms with Crippen LogP contribution in [0.4, 0.5) is 10.8 Å². The van der Waals surface area contributed by atoms with Crippen molar-refractivity contribution in [1.29, 1.82) is 0 Å². The number of H-pyrrole nitrogens is 1. The lowest BCUT2D eigenvalue weighted by atomic mass is 9.87. The first-order valence-electron chi connectivity index (χ1n) is 10.0. The number of hydrogen-bond acceptors (Lipinski definition) is 5. The Hall–Kier alpha value is -3.45. The molecule has 2 aromatic heterocycles. The standard InChI is InChI=1S/C24H25N5OS/c1-24(2,3)17-9-5-16(6-10-17)21-27-19(15-7-11-18(25-4)12-8-15)20(28-21)22(30)29-23-26-13-14-31-23/h5-14,25H,1-4H3,(H,27,28)(H,26,29,30). The van der Waals surface area contributed by atoms with Gasteiger partial charge in [0.05, 0.1) is 0 Å². The van der Waals surface area contributed by atoms with E-state index < -0.39 is 0 Å². The first-order chi connectivity index (χ1) is 14.8. The molecule has 4 rings (SSSR count). The number of thiazole rings is 1. The highest BCUT2D eigenvalue weighted by Gasteiger charge is 2.21. The third-order valence-corrected chi connectivity index (χ3v) is 5.74. The Morgan fingerprint density at radius 1 is 1.00 bits per heavy atom. The molecule has 0 spiro atoms. The number of nitrogens with zero attached hydrogens (tertiary/aromatic N) is 2. The van der Waals surface area contributed by atoms with Gasteiger partial charge >= 0.3 is 0 Å². The zero-order chi connectivity index (χ0) is 22.0.